The molecule has 0 bridgehead atoms. The zero-order chi connectivity index (χ0) is 15.5. The fraction of sp³-hybridized carbons (Fsp3) is 0.812. The van der Waals surface area contributed by atoms with Crippen molar-refractivity contribution in [2.24, 2.45) is 5.73 Å². The summed E-state index contributed by atoms with van der Waals surface area (Å²) in [5.74, 6) is 0. The van der Waals surface area contributed by atoms with Gasteiger partial charge in [-0.3, -0.25) is 4.68 Å². The summed E-state index contributed by atoms with van der Waals surface area (Å²) in [6.07, 6.45) is 6.53. The van der Waals surface area contributed by atoms with Gasteiger partial charge in [0.25, 0.3) is 0 Å². The molecule has 2 rings (SSSR count). The number of aryl methyl sites for hydroxylation is 2. The minimum Gasteiger partial charge on any atom is -0.374 e. The van der Waals surface area contributed by atoms with Crippen LogP contribution in [0.15, 0.2) is 0 Å². The fourth-order valence-electron chi connectivity index (χ4n) is 3.52. The van der Waals surface area contributed by atoms with Crippen LogP contribution in [0.25, 0.3) is 0 Å². The summed E-state index contributed by atoms with van der Waals surface area (Å²) < 4.78 is 8.10. The quantitative estimate of drug-likeness (QED) is 0.875. The molecule has 1 aliphatic carbocycles. The van der Waals surface area contributed by atoms with E-state index in [2.05, 4.69) is 18.9 Å². The van der Waals surface area contributed by atoms with Crippen LogP contribution >= 0.6 is 11.6 Å². The third kappa shape index (κ3) is 3.43. The van der Waals surface area contributed by atoms with Crippen molar-refractivity contribution in [3.63, 3.8) is 0 Å². The maximum absolute atomic E-state index is 6.58. The van der Waals surface area contributed by atoms with Crippen molar-refractivity contribution >= 4 is 11.6 Å². The predicted octanol–water partition coefficient (Wildman–Crippen LogP) is 3.47. The van der Waals surface area contributed by atoms with Crippen LogP contribution in [-0.2, 0) is 17.7 Å². The molecule has 0 radical (unpaired) electrons. The third-order valence-electron chi connectivity index (χ3n) is 4.67. The van der Waals surface area contributed by atoms with Gasteiger partial charge in [-0.05, 0) is 33.6 Å². The van der Waals surface area contributed by atoms with Crippen molar-refractivity contribution in [3.8, 4) is 0 Å². The average Bonchev–Trinajstić information content (AvgIpc) is 2.76. The van der Waals surface area contributed by atoms with Crippen molar-refractivity contribution in [2.75, 3.05) is 6.61 Å². The standard InChI is InChI=1S/C16H28ClN3O/c1-4-20-13(15(17)12(3)19-20)11-14(18)16(21-5-2)9-7-6-8-10-16/h14H,4-11,18H2,1-3H3. The maximum atomic E-state index is 6.58. The molecular formula is C16H28ClN3O. The Hall–Kier alpha value is -0.580. The van der Waals surface area contributed by atoms with E-state index in [9.17, 15) is 0 Å². The van der Waals surface area contributed by atoms with Crippen LogP contribution in [0.4, 0.5) is 0 Å². The summed E-state index contributed by atoms with van der Waals surface area (Å²) in [4.78, 5) is 0. The molecule has 0 amide bonds. The fourth-order valence-corrected chi connectivity index (χ4v) is 3.73. The van der Waals surface area contributed by atoms with E-state index in [1.807, 2.05) is 11.6 Å². The number of hydrogen-bond acceptors (Lipinski definition) is 3. The molecule has 1 saturated carbocycles. The highest BCUT2D eigenvalue weighted by atomic mass is 35.5. The van der Waals surface area contributed by atoms with E-state index in [1.54, 1.807) is 0 Å². The molecule has 1 aliphatic rings. The number of ether oxygens (including phenoxy) is 1. The molecule has 1 heterocycles. The van der Waals surface area contributed by atoms with Crippen LogP contribution < -0.4 is 5.73 Å². The third-order valence-corrected chi connectivity index (χ3v) is 5.17. The molecule has 5 heteroatoms. The molecule has 0 saturated heterocycles. The van der Waals surface area contributed by atoms with Gasteiger partial charge >= 0.3 is 0 Å². The van der Waals surface area contributed by atoms with Gasteiger partial charge in [0.05, 0.1) is 22.0 Å². The molecule has 1 aromatic rings. The lowest BCUT2D eigenvalue weighted by molar-refractivity contribution is -0.0820. The van der Waals surface area contributed by atoms with Crippen LogP contribution in [0.3, 0.4) is 0 Å². The number of halogens is 1. The lowest BCUT2D eigenvalue weighted by Crippen LogP contribution is -2.52. The van der Waals surface area contributed by atoms with E-state index in [0.29, 0.717) is 6.61 Å². The zero-order valence-corrected chi connectivity index (χ0v) is 14.2. The number of aromatic nitrogens is 2. The second-order valence-electron chi connectivity index (χ2n) is 6.03. The Bertz CT molecular complexity index is 461. The Morgan fingerprint density at radius 1 is 1.33 bits per heavy atom. The van der Waals surface area contributed by atoms with E-state index < -0.39 is 0 Å². The molecule has 4 nitrogen and oxygen atoms in total. The minimum absolute atomic E-state index is 0.0309. The van der Waals surface area contributed by atoms with Crippen molar-refractivity contribution in [1.29, 1.82) is 0 Å². The molecule has 0 aliphatic heterocycles. The largest absolute Gasteiger partial charge is 0.374 e. The van der Waals surface area contributed by atoms with E-state index in [0.717, 1.165) is 42.2 Å². The number of rotatable bonds is 6. The first kappa shape index (κ1) is 16.8. The van der Waals surface area contributed by atoms with E-state index >= 15 is 0 Å². The van der Waals surface area contributed by atoms with Gasteiger partial charge in [0.15, 0.2) is 0 Å². The summed E-state index contributed by atoms with van der Waals surface area (Å²) >= 11 is 6.42. The molecule has 21 heavy (non-hydrogen) atoms. The molecule has 1 aromatic heterocycles. The number of nitrogens with two attached hydrogens (primary N) is 1. The van der Waals surface area contributed by atoms with Crippen molar-refractivity contribution in [2.45, 2.75) is 77.5 Å². The van der Waals surface area contributed by atoms with Crippen molar-refractivity contribution in [1.82, 2.24) is 9.78 Å². The second-order valence-corrected chi connectivity index (χ2v) is 6.41. The van der Waals surface area contributed by atoms with Crippen LogP contribution in [0.5, 0.6) is 0 Å². The summed E-state index contributed by atoms with van der Waals surface area (Å²) in [7, 11) is 0. The molecule has 2 N–H and O–H groups in total. The van der Waals surface area contributed by atoms with Crippen molar-refractivity contribution < 1.29 is 4.74 Å². The van der Waals surface area contributed by atoms with Crippen LogP contribution in [0.1, 0.15) is 57.3 Å². The normalized spacial score (nSPS) is 19.7. The summed E-state index contributed by atoms with van der Waals surface area (Å²) in [5, 5.41) is 5.24. The molecule has 1 fully saturated rings. The van der Waals surface area contributed by atoms with E-state index in [4.69, 9.17) is 22.1 Å². The first-order chi connectivity index (χ1) is 10.0. The van der Waals surface area contributed by atoms with Gasteiger partial charge in [-0.1, -0.05) is 30.9 Å². The van der Waals surface area contributed by atoms with Crippen LogP contribution in [-0.4, -0.2) is 28.0 Å². The van der Waals surface area contributed by atoms with Gasteiger partial charge < -0.3 is 10.5 Å². The first-order valence-corrected chi connectivity index (χ1v) is 8.53. The highest BCUT2D eigenvalue weighted by molar-refractivity contribution is 6.31. The Kier molecular flexibility index (Phi) is 5.69. The highest BCUT2D eigenvalue weighted by Crippen LogP contribution is 2.36. The summed E-state index contributed by atoms with van der Waals surface area (Å²) in [6, 6.07) is -0.0309. The smallest absolute Gasteiger partial charge is 0.0847 e. The molecule has 120 valence electrons. The topological polar surface area (TPSA) is 53.1 Å². The minimum atomic E-state index is -0.187. The molecule has 0 aromatic carbocycles. The maximum Gasteiger partial charge on any atom is 0.0847 e. The van der Waals surface area contributed by atoms with E-state index in [1.165, 1.54) is 19.3 Å². The molecule has 1 atom stereocenters. The van der Waals surface area contributed by atoms with Gasteiger partial charge in [0.2, 0.25) is 0 Å². The van der Waals surface area contributed by atoms with E-state index in [-0.39, 0.29) is 11.6 Å². The highest BCUT2D eigenvalue weighted by Gasteiger charge is 2.39. The van der Waals surface area contributed by atoms with Gasteiger partial charge in [-0.25, -0.2) is 0 Å². The SMILES string of the molecule is CCOC1(C(N)Cc2c(Cl)c(C)nn2CC)CCCCC1. The lowest BCUT2D eigenvalue weighted by Gasteiger charge is -2.41. The van der Waals surface area contributed by atoms with Crippen LogP contribution in [0.2, 0.25) is 5.02 Å². The van der Waals surface area contributed by atoms with Gasteiger partial charge in [-0.2, -0.15) is 5.10 Å². The van der Waals surface area contributed by atoms with Gasteiger partial charge in [0.1, 0.15) is 0 Å². The summed E-state index contributed by atoms with van der Waals surface area (Å²) in [6.45, 7) is 7.61. The van der Waals surface area contributed by atoms with Gasteiger partial charge in [-0.15, -0.1) is 0 Å². The first-order valence-electron chi connectivity index (χ1n) is 8.15. The Morgan fingerprint density at radius 3 is 2.57 bits per heavy atom. The second kappa shape index (κ2) is 7.12. The predicted molar refractivity (Wildman–Crippen MR) is 86.8 cm³/mol. The Balaban J connectivity index is 2.20. The summed E-state index contributed by atoms with van der Waals surface area (Å²) in [5.41, 5.74) is 8.32. The van der Waals surface area contributed by atoms with Crippen molar-refractivity contribution in [3.05, 3.63) is 16.4 Å². The Labute approximate surface area is 133 Å². The monoisotopic (exact) mass is 313 g/mol. The Morgan fingerprint density at radius 2 is 2.00 bits per heavy atom. The zero-order valence-electron chi connectivity index (χ0n) is 13.5. The lowest BCUT2D eigenvalue weighted by atomic mass is 9.78. The van der Waals surface area contributed by atoms with Crippen LogP contribution in [0, 0.1) is 6.92 Å². The molecular weight excluding hydrogens is 286 g/mol. The molecule has 0 spiro atoms. The number of nitrogens with zero attached hydrogens (tertiary/aromatic N) is 2. The average molecular weight is 314 g/mol. The number of hydrogen-bond donors (Lipinski definition) is 1. The molecule has 1 unspecified atom stereocenters. The van der Waals surface area contributed by atoms with Gasteiger partial charge in [0, 0.05) is 25.6 Å².